The van der Waals surface area contributed by atoms with Crippen molar-refractivity contribution in [3.05, 3.63) is 101 Å². The van der Waals surface area contributed by atoms with Crippen molar-refractivity contribution < 1.29 is 4.74 Å². The van der Waals surface area contributed by atoms with Crippen LogP contribution in [0.2, 0.25) is 0 Å². The Morgan fingerprint density at radius 1 is 0.879 bits per heavy atom. The number of hydrogen-bond acceptors (Lipinski definition) is 3. The zero-order valence-corrected chi connectivity index (χ0v) is 19.9. The third-order valence-electron chi connectivity index (χ3n) is 5.45. The highest BCUT2D eigenvalue weighted by Gasteiger charge is 2.13. The molecule has 33 heavy (non-hydrogen) atoms. The van der Waals surface area contributed by atoms with E-state index in [9.17, 15) is 0 Å². The first-order chi connectivity index (χ1) is 16.0. The lowest BCUT2D eigenvalue weighted by atomic mass is 10.1. The fourth-order valence-electron chi connectivity index (χ4n) is 3.64. The predicted molar refractivity (Wildman–Crippen MR) is 139 cm³/mol. The number of nitrogens with one attached hydrogen (secondary N) is 2. The van der Waals surface area contributed by atoms with Crippen LogP contribution in [0.4, 0.5) is 11.4 Å². The first-order valence-electron chi connectivity index (χ1n) is 11.0. The number of hydrogen-bond donors (Lipinski definition) is 2. The molecule has 0 bridgehead atoms. The minimum atomic E-state index is 0.545. The largest absolute Gasteiger partial charge is 0.457 e. The molecule has 1 heterocycles. The normalized spacial score (nSPS) is 10.6. The number of aromatic nitrogens is 2. The molecule has 0 spiro atoms. The Morgan fingerprint density at radius 2 is 1.61 bits per heavy atom. The van der Waals surface area contributed by atoms with Gasteiger partial charge in [0.25, 0.3) is 0 Å². The molecule has 6 heteroatoms. The van der Waals surface area contributed by atoms with Crippen molar-refractivity contribution in [1.29, 1.82) is 0 Å². The summed E-state index contributed by atoms with van der Waals surface area (Å²) in [5.74, 6) is 1.62. The van der Waals surface area contributed by atoms with E-state index in [1.54, 1.807) is 0 Å². The molecule has 4 rings (SSSR count). The van der Waals surface area contributed by atoms with Crippen LogP contribution in [0.3, 0.4) is 0 Å². The van der Waals surface area contributed by atoms with Crippen LogP contribution in [0.15, 0.2) is 78.9 Å². The lowest BCUT2D eigenvalue weighted by Gasteiger charge is -2.12. The number of anilines is 2. The van der Waals surface area contributed by atoms with Gasteiger partial charge in [-0.15, -0.1) is 0 Å². The second kappa shape index (κ2) is 10.3. The van der Waals surface area contributed by atoms with Crippen molar-refractivity contribution in [1.82, 2.24) is 9.78 Å². The van der Waals surface area contributed by atoms with Gasteiger partial charge in [0.2, 0.25) is 0 Å². The molecule has 0 aliphatic rings. The fourth-order valence-corrected chi connectivity index (χ4v) is 3.86. The van der Waals surface area contributed by atoms with Crippen LogP contribution in [0.5, 0.6) is 11.5 Å². The quantitative estimate of drug-likeness (QED) is 0.303. The van der Waals surface area contributed by atoms with Gasteiger partial charge in [0.05, 0.1) is 23.6 Å². The Morgan fingerprint density at radius 3 is 2.33 bits per heavy atom. The van der Waals surface area contributed by atoms with Crippen LogP contribution in [0.25, 0.3) is 0 Å². The van der Waals surface area contributed by atoms with E-state index < -0.39 is 0 Å². The van der Waals surface area contributed by atoms with Crippen LogP contribution in [0.1, 0.15) is 29.4 Å². The maximum Gasteiger partial charge on any atom is 0.175 e. The van der Waals surface area contributed by atoms with E-state index in [1.807, 2.05) is 79.2 Å². The number of para-hydroxylation sites is 1. The summed E-state index contributed by atoms with van der Waals surface area (Å²) in [4.78, 5) is 0. The highest BCUT2D eigenvalue weighted by atomic mass is 32.1. The Labute approximate surface area is 200 Å². The topological polar surface area (TPSA) is 51.1 Å². The summed E-state index contributed by atoms with van der Waals surface area (Å²) in [6.45, 7) is 6.81. The molecule has 3 aromatic carbocycles. The summed E-state index contributed by atoms with van der Waals surface area (Å²) in [6.07, 6.45) is 1.02. The molecule has 0 saturated carbocycles. The van der Waals surface area contributed by atoms with E-state index >= 15 is 0 Å². The average molecular weight is 457 g/mol. The van der Waals surface area contributed by atoms with Crippen molar-refractivity contribution in [2.24, 2.45) is 0 Å². The molecule has 0 aliphatic carbocycles. The molecular weight excluding hydrogens is 428 g/mol. The van der Waals surface area contributed by atoms with Crippen molar-refractivity contribution in [2.45, 2.75) is 33.7 Å². The summed E-state index contributed by atoms with van der Waals surface area (Å²) in [5.41, 5.74) is 6.21. The SMILES string of the molecule is CCc1ccc(NC(=S)Nc2c(C)nn(Cc3cccc(Oc4ccccc4)c3)c2C)cc1. The highest BCUT2D eigenvalue weighted by molar-refractivity contribution is 7.80. The molecule has 2 N–H and O–H groups in total. The van der Waals surface area contributed by atoms with Crippen LogP contribution < -0.4 is 15.4 Å². The maximum atomic E-state index is 5.97. The maximum absolute atomic E-state index is 5.97. The number of rotatable bonds is 7. The Balaban J connectivity index is 1.44. The summed E-state index contributed by atoms with van der Waals surface area (Å²) < 4.78 is 7.96. The standard InChI is InChI=1S/C27H28N4OS/c1-4-21-13-15-23(16-14-21)28-27(33)29-26-19(2)30-31(20(26)3)18-22-9-8-12-25(17-22)32-24-10-6-5-7-11-24/h5-17H,4,18H2,1-3H3,(H2,28,29,33). The molecule has 1 aromatic heterocycles. The second-order valence-electron chi connectivity index (χ2n) is 7.90. The average Bonchev–Trinajstić information content (AvgIpc) is 3.07. The molecule has 168 valence electrons. The van der Waals surface area contributed by atoms with Crippen molar-refractivity contribution in [3.8, 4) is 11.5 Å². The van der Waals surface area contributed by atoms with Crippen molar-refractivity contribution >= 4 is 28.7 Å². The van der Waals surface area contributed by atoms with Gasteiger partial charge in [-0.2, -0.15) is 5.10 Å². The Kier molecular flexibility index (Phi) is 7.05. The summed E-state index contributed by atoms with van der Waals surface area (Å²) in [7, 11) is 0. The molecule has 0 saturated heterocycles. The molecular formula is C27H28N4OS. The first-order valence-corrected chi connectivity index (χ1v) is 11.5. The molecule has 0 atom stereocenters. The predicted octanol–water partition coefficient (Wildman–Crippen LogP) is 6.71. The Bertz CT molecular complexity index is 1230. The van der Waals surface area contributed by atoms with Gasteiger partial charge in [-0.25, -0.2) is 0 Å². The van der Waals surface area contributed by atoms with Gasteiger partial charge in [-0.1, -0.05) is 49.4 Å². The van der Waals surface area contributed by atoms with Crippen molar-refractivity contribution in [3.63, 3.8) is 0 Å². The summed E-state index contributed by atoms with van der Waals surface area (Å²) in [5, 5.41) is 11.8. The second-order valence-corrected chi connectivity index (χ2v) is 8.30. The smallest absolute Gasteiger partial charge is 0.175 e. The van der Waals surface area contributed by atoms with E-state index in [-0.39, 0.29) is 0 Å². The van der Waals surface area contributed by atoms with E-state index in [1.165, 1.54) is 5.56 Å². The number of nitrogens with zero attached hydrogens (tertiary/aromatic N) is 2. The third kappa shape index (κ3) is 5.79. The monoisotopic (exact) mass is 456 g/mol. The number of aryl methyl sites for hydroxylation is 2. The minimum Gasteiger partial charge on any atom is -0.457 e. The van der Waals surface area contributed by atoms with Gasteiger partial charge in [0.15, 0.2) is 5.11 Å². The van der Waals surface area contributed by atoms with Crippen LogP contribution in [-0.4, -0.2) is 14.9 Å². The number of benzene rings is 3. The highest BCUT2D eigenvalue weighted by Crippen LogP contribution is 2.24. The van der Waals surface area contributed by atoms with E-state index in [0.717, 1.165) is 46.2 Å². The van der Waals surface area contributed by atoms with Gasteiger partial charge in [0.1, 0.15) is 11.5 Å². The number of ether oxygens (including phenoxy) is 1. The zero-order valence-electron chi connectivity index (χ0n) is 19.1. The molecule has 0 radical (unpaired) electrons. The molecule has 0 amide bonds. The molecule has 5 nitrogen and oxygen atoms in total. The van der Waals surface area contributed by atoms with Crippen LogP contribution in [0, 0.1) is 13.8 Å². The number of thiocarbonyl (C=S) groups is 1. The zero-order chi connectivity index (χ0) is 23.2. The van der Waals surface area contributed by atoms with Crippen LogP contribution >= 0.6 is 12.2 Å². The molecule has 0 aliphatic heterocycles. The van der Waals surface area contributed by atoms with E-state index in [2.05, 4.69) is 35.8 Å². The van der Waals surface area contributed by atoms with Gasteiger partial charge in [0, 0.05) is 5.69 Å². The fraction of sp³-hybridized carbons (Fsp3) is 0.185. The summed E-state index contributed by atoms with van der Waals surface area (Å²) >= 11 is 5.54. The third-order valence-corrected chi connectivity index (χ3v) is 5.65. The van der Waals surface area contributed by atoms with Gasteiger partial charge in [-0.05, 0) is 80.0 Å². The minimum absolute atomic E-state index is 0.545. The Hall–Kier alpha value is -3.64. The van der Waals surface area contributed by atoms with Crippen LogP contribution in [-0.2, 0) is 13.0 Å². The lowest BCUT2D eigenvalue weighted by Crippen LogP contribution is -2.20. The van der Waals surface area contributed by atoms with E-state index in [4.69, 9.17) is 22.1 Å². The molecule has 0 fully saturated rings. The van der Waals surface area contributed by atoms with Gasteiger partial charge < -0.3 is 15.4 Å². The summed E-state index contributed by atoms with van der Waals surface area (Å²) in [6, 6.07) is 26.2. The molecule has 4 aromatic rings. The molecule has 0 unspecified atom stereocenters. The lowest BCUT2D eigenvalue weighted by molar-refractivity contribution is 0.481. The van der Waals surface area contributed by atoms with Gasteiger partial charge >= 0.3 is 0 Å². The van der Waals surface area contributed by atoms with E-state index in [0.29, 0.717) is 11.7 Å². The first kappa shape index (κ1) is 22.6. The van der Waals surface area contributed by atoms with Crippen molar-refractivity contribution in [2.75, 3.05) is 10.6 Å². The van der Waals surface area contributed by atoms with Gasteiger partial charge in [-0.3, -0.25) is 4.68 Å².